The highest BCUT2D eigenvalue weighted by Gasteiger charge is 2.12. The summed E-state index contributed by atoms with van der Waals surface area (Å²) in [6.45, 7) is 0.648. The summed E-state index contributed by atoms with van der Waals surface area (Å²) in [5, 5.41) is 14.0. The Morgan fingerprint density at radius 3 is 2.67 bits per heavy atom. The number of anilines is 1. The van der Waals surface area contributed by atoms with Gasteiger partial charge in [-0.05, 0) is 56.1 Å². The lowest BCUT2D eigenvalue weighted by Gasteiger charge is -2.05. The molecule has 1 aromatic carbocycles. The molecule has 0 atom stereocenters. The number of nitrogens with one attached hydrogen (secondary N) is 1. The molecule has 0 aliphatic heterocycles. The van der Waals surface area contributed by atoms with Crippen molar-refractivity contribution in [3.63, 3.8) is 0 Å². The van der Waals surface area contributed by atoms with Gasteiger partial charge in [-0.3, -0.25) is 10.1 Å². The largest absolute Gasteiger partial charge is 0.380 e. The smallest absolute Gasteiger partial charge is 0.285 e. The van der Waals surface area contributed by atoms with Crippen molar-refractivity contribution in [3.8, 4) is 0 Å². The first-order chi connectivity index (χ1) is 8.56. The molecule has 2 rings (SSSR count). The van der Waals surface area contributed by atoms with Gasteiger partial charge in [0.05, 0.1) is 13.2 Å². The van der Waals surface area contributed by atoms with Crippen molar-refractivity contribution in [2.75, 3.05) is 5.32 Å². The summed E-state index contributed by atoms with van der Waals surface area (Å²) in [7, 11) is 0. The third-order valence-corrected chi connectivity index (χ3v) is 4.53. The van der Waals surface area contributed by atoms with Gasteiger partial charge in [0.2, 0.25) is 0 Å². The zero-order valence-electron chi connectivity index (χ0n) is 9.02. The van der Waals surface area contributed by atoms with Crippen molar-refractivity contribution >= 4 is 54.6 Å². The molecule has 0 amide bonds. The molecule has 0 saturated carbocycles. The second-order valence-electron chi connectivity index (χ2n) is 3.48. The molecule has 7 heteroatoms. The SMILES string of the molecule is O=[N+]([O-])c1cc(NCc2ccc(Br)s2)ccc1Br. The number of halogens is 2. The van der Waals surface area contributed by atoms with E-state index in [1.165, 1.54) is 6.07 Å². The van der Waals surface area contributed by atoms with E-state index in [1.54, 1.807) is 23.5 Å². The zero-order valence-corrected chi connectivity index (χ0v) is 13.0. The van der Waals surface area contributed by atoms with E-state index < -0.39 is 4.92 Å². The predicted molar refractivity (Wildman–Crippen MR) is 80.1 cm³/mol. The molecule has 0 aliphatic rings. The Morgan fingerprint density at radius 1 is 1.28 bits per heavy atom. The number of thiophene rings is 1. The number of nitrogens with zero attached hydrogens (tertiary/aromatic N) is 1. The third-order valence-electron chi connectivity index (χ3n) is 2.24. The van der Waals surface area contributed by atoms with Gasteiger partial charge < -0.3 is 5.32 Å². The predicted octanol–water partition coefficient (Wildman–Crippen LogP) is 4.79. The fourth-order valence-electron chi connectivity index (χ4n) is 1.40. The van der Waals surface area contributed by atoms with E-state index in [0.717, 1.165) is 14.4 Å². The maximum atomic E-state index is 10.8. The molecule has 0 bridgehead atoms. The van der Waals surface area contributed by atoms with Crippen LogP contribution >= 0.6 is 43.2 Å². The number of nitro benzene ring substituents is 1. The summed E-state index contributed by atoms with van der Waals surface area (Å²) in [6, 6.07) is 8.98. The van der Waals surface area contributed by atoms with Gasteiger partial charge in [0.1, 0.15) is 0 Å². The van der Waals surface area contributed by atoms with Crippen LogP contribution in [0.2, 0.25) is 0 Å². The van der Waals surface area contributed by atoms with Crippen LogP contribution in [0.25, 0.3) is 0 Å². The first-order valence-corrected chi connectivity index (χ1v) is 7.38. The Labute approximate surface area is 124 Å². The van der Waals surface area contributed by atoms with E-state index in [0.29, 0.717) is 11.0 Å². The van der Waals surface area contributed by atoms with Crippen LogP contribution in [0.3, 0.4) is 0 Å². The monoisotopic (exact) mass is 390 g/mol. The molecule has 2 aromatic rings. The maximum Gasteiger partial charge on any atom is 0.285 e. The van der Waals surface area contributed by atoms with Crippen molar-refractivity contribution in [2.45, 2.75) is 6.54 Å². The molecule has 18 heavy (non-hydrogen) atoms. The van der Waals surface area contributed by atoms with Gasteiger partial charge in [0, 0.05) is 23.2 Å². The van der Waals surface area contributed by atoms with Crippen LogP contribution in [-0.4, -0.2) is 4.92 Å². The van der Waals surface area contributed by atoms with E-state index >= 15 is 0 Å². The molecule has 0 radical (unpaired) electrons. The van der Waals surface area contributed by atoms with Crippen molar-refractivity contribution < 1.29 is 4.92 Å². The molecule has 1 heterocycles. The van der Waals surface area contributed by atoms with Gasteiger partial charge in [-0.1, -0.05) is 0 Å². The first-order valence-electron chi connectivity index (χ1n) is 4.98. The van der Waals surface area contributed by atoms with Crippen molar-refractivity contribution in [3.05, 3.63) is 53.6 Å². The number of nitro groups is 1. The minimum atomic E-state index is -0.406. The van der Waals surface area contributed by atoms with Crippen molar-refractivity contribution in [1.29, 1.82) is 0 Å². The number of hydrogen-bond donors (Lipinski definition) is 1. The van der Waals surface area contributed by atoms with Gasteiger partial charge in [-0.2, -0.15) is 0 Å². The molecule has 4 nitrogen and oxygen atoms in total. The highest BCUT2D eigenvalue weighted by molar-refractivity contribution is 9.11. The fraction of sp³-hybridized carbons (Fsp3) is 0.0909. The summed E-state index contributed by atoms with van der Waals surface area (Å²) in [6.07, 6.45) is 0. The lowest BCUT2D eigenvalue weighted by Crippen LogP contribution is -1.98. The molecular formula is C11H8Br2N2O2S. The van der Waals surface area contributed by atoms with E-state index in [4.69, 9.17) is 0 Å². The molecule has 1 aromatic heterocycles. The lowest BCUT2D eigenvalue weighted by atomic mass is 10.3. The van der Waals surface area contributed by atoms with Crippen LogP contribution in [0.1, 0.15) is 4.88 Å². The normalized spacial score (nSPS) is 10.3. The highest BCUT2D eigenvalue weighted by Crippen LogP contribution is 2.28. The number of benzene rings is 1. The molecule has 1 N–H and O–H groups in total. The van der Waals surface area contributed by atoms with Gasteiger partial charge in [-0.25, -0.2) is 0 Å². The van der Waals surface area contributed by atoms with Crippen LogP contribution in [0.5, 0.6) is 0 Å². The third kappa shape index (κ3) is 3.30. The molecule has 0 saturated heterocycles. The maximum absolute atomic E-state index is 10.8. The quantitative estimate of drug-likeness (QED) is 0.601. The van der Waals surface area contributed by atoms with Crippen molar-refractivity contribution in [2.24, 2.45) is 0 Å². The molecule has 94 valence electrons. The van der Waals surface area contributed by atoms with Crippen LogP contribution < -0.4 is 5.32 Å². The van der Waals surface area contributed by atoms with E-state index in [2.05, 4.69) is 37.2 Å². The molecule has 0 spiro atoms. The minimum absolute atomic E-state index is 0.0624. The molecule has 0 aliphatic carbocycles. The summed E-state index contributed by atoms with van der Waals surface area (Å²) in [5.41, 5.74) is 0.793. The average molecular weight is 392 g/mol. The summed E-state index contributed by atoms with van der Waals surface area (Å²) >= 11 is 8.18. The second kappa shape index (κ2) is 5.81. The van der Waals surface area contributed by atoms with Crippen LogP contribution in [0, 0.1) is 10.1 Å². The van der Waals surface area contributed by atoms with E-state index in [-0.39, 0.29) is 5.69 Å². The number of rotatable bonds is 4. The van der Waals surface area contributed by atoms with Gasteiger partial charge in [-0.15, -0.1) is 11.3 Å². The second-order valence-corrected chi connectivity index (χ2v) is 6.88. The minimum Gasteiger partial charge on any atom is -0.380 e. The standard InChI is InChI=1S/C11H8Br2N2O2S/c12-9-3-1-7(5-10(9)15(16)17)14-6-8-2-4-11(13)18-8/h1-5,14H,6H2. The van der Waals surface area contributed by atoms with Crippen LogP contribution in [0.4, 0.5) is 11.4 Å². The number of hydrogen-bond acceptors (Lipinski definition) is 4. The summed E-state index contributed by atoms with van der Waals surface area (Å²) < 4.78 is 1.55. The van der Waals surface area contributed by atoms with E-state index in [9.17, 15) is 10.1 Å². The lowest BCUT2D eigenvalue weighted by molar-refractivity contribution is -0.385. The Hall–Kier alpha value is -0.920. The molecule has 0 unspecified atom stereocenters. The van der Waals surface area contributed by atoms with Gasteiger partial charge in [0.25, 0.3) is 5.69 Å². The molecule has 0 fully saturated rings. The van der Waals surface area contributed by atoms with E-state index in [1.807, 2.05) is 12.1 Å². The van der Waals surface area contributed by atoms with Crippen LogP contribution in [-0.2, 0) is 6.54 Å². The Bertz CT molecular complexity index is 586. The van der Waals surface area contributed by atoms with Crippen molar-refractivity contribution in [1.82, 2.24) is 0 Å². The van der Waals surface area contributed by atoms with Crippen LogP contribution in [0.15, 0.2) is 38.6 Å². The first kappa shape index (κ1) is 13.5. The highest BCUT2D eigenvalue weighted by atomic mass is 79.9. The fourth-order valence-corrected chi connectivity index (χ4v) is 3.21. The topological polar surface area (TPSA) is 55.2 Å². The summed E-state index contributed by atoms with van der Waals surface area (Å²) in [4.78, 5) is 11.5. The Balaban J connectivity index is 2.10. The average Bonchev–Trinajstić information content (AvgIpc) is 2.74. The van der Waals surface area contributed by atoms with Gasteiger partial charge >= 0.3 is 0 Å². The Morgan fingerprint density at radius 2 is 2.06 bits per heavy atom. The Kier molecular flexibility index (Phi) is 4.36. The zero-order chi connectivity index (χ0) is 13.1. The summed E-state index contributed by atoms with van der Waals surface area (Å²) in [5.74, 6) is 0. The van der Waals surface area contributed by atoms with Gasteiger partial charge in [0.15, 0.2) is 0 Å². The molecular weight excluding hydrogens is 384 g/mol.